The zero-order valence-corrected chi connectivity index (χ0v) is 19.9. The zero-order chi connectivity index (χ0) is 23.1. The molecule has 3 aliphatic rings. The minimum absolute atomic E-state index is 0.00827. The van der Waals surface area contributed by atoms with Crippen LogP contribution in [0.1, 0.15) is 38.2 Å². The highest BCUT2D eigenvalue weighted by Gasteiger charge is 2.61. The van der Waals surface area contributed by atoms with Crippen molar-refractivity contribution in [3.8, 4) is 11.1 Å². The summed E-state index contributed by atoms with van der Waals surface area (Å²) >= 11 is 0. The second-order valence-corrected chi connectivity index (χ2v) is 11.6. The van der Waals surface area contributed by atoms with Crippen molar-refractivity contribution in [1.82, 2.24) is 9.62 Å². The first-order valence-electron chi connectivity index (χ1n) is 12.0. The molecule has 1 N–H and O–H groups in total. The number of nitrogens with one attached hydrogen (secondary N) is 1. The smallest absolute Gasteiger partial charge is 0.252 e. The van der Waals surface area contributed by atoms with E-state index in [-0.39, 0.29) is 35.3 Å². The van der Waals surface area contributed by atoms with Gasteiger partial charge in [-0.3, -0.25) is 4.79 Å². The molecule has 3 atom stereocenters. The molecule has 0 radical (unpaired) electrons. The summed E-state index contributed by atoms with van der Waals surface area (Å²) in [4.78, 5) is 15.2. The molecule has 2 heterocycles. The van der Waals surface area contributed by atoms with Gasteiger partial charge in [0.05, 0.1) is 18.4 Å². The summed E-state index contributed by atoms with van der Waals surface area (Å²) in [5, 5.41) is 0. The molecule has 0 aromatic heterocycles. The number of nitrogens with zero attached hydrogens (tertiary/aromatic N) is 1. The summed E-state index contributed by atoms with van der Waals surface area (Å²) in [6, 6.07) is 18.1. The molecular formula is C26H32N2O4S. The molecular weight excluding hydrogens is 436 g/mol. The molecule has 2 aromatic carbocycles. The third-order valence-corrected chi connectivity index (χ3v) is 8.90. The average Bonchev–Trinajstić information content (AvgIpc) is 3.49. The first-order valence-corrected chi connectivity index (χ1v) is 13.6. The van der Waals surface area contributed by atoms with Crippen molar-refractivity contribution >= 4 is 15.9 Å². The number of hydrogen-bond acceptors (Lipinski definition) is 4. The molecule has 176 valence electrons. The number of likely N-dealkylation sites (tertiary alicyclic amines) is 1. The van der Waals surface area contributed by atoms with E-state index >= 15 is 0 Å². The van der Waals surface area contributed by atoms with E-state index in [0.29, 0.717) is 26.0 Å². The van der Waals surface area contributed by atoms with Crippen LogP contribution in [0.3, 0.4) is 0 Å². The Morgan fingerprint density at radius 3 is 2.48 bits per heavy atom. The van der Waals surface area contributed by atoms with Gasteiger partial charge in [0, 0.05) is 24.4 Å². The van der Waals surface area contributed by atoms with Crippen molar-refractivity contribution in [3.63, 3.8) is 0 Å². The molecule has 1 unspecified atom stereocenters. The van der Waals surface area contributed by atoms with Gasteiger partial charge in [-0.15, -0.1) is 0 Å². The van der Waals surface area contributed by atoms with Crippen molar-refractivity contribution < 1.29 is 17.9 Å². The molecule has 3 fully saturated rings. The maximum atomic E-state index is 13.3. The number of hydrogen-bond donors (Lipinski definition) is 1. The van der Waals surface area contributed by atoms with E-state index in [0.717, 1.165) is 36.0 Å². The third kappa shape index (κ3) is 4.59. The van der Waals surface area contributed by atoms with Crippen LogP contribution in [0.5, 0.6) is 0 Å². The molecule has 33 heavy (non-hydrogen) atoms. The van der Waals surface area contributed by atoms with Crippen LogP contribution in [-0.4, -0.2) is 56.3 Å². The number of amides is 1. The highest BCUT2D eigenvalue weighted by atomic mass is 32.2. The zero-order valence-electron chi connectivity index (χ0n) is 19.1. The number of rotatable bonds is 8. The number of benzene rings is 2. The lowest BCUT2D eigenvalue weighted by Gasteiger charge is -2.34. The largest absolute Gasteiger partial charge is 0.368 e. The van der Waals surface area contributed by atoms with Crippen molar-refractivity contribution in [2.24, 2.45) is 5.41 Å². The SMILES string of the molecule is CCCS(=O)(=O)N[C@@H]1[C@H](Cc2cccc(-c3ccccc3)c2)N(C(=O)C2CCO2)CC12CC2. The lowest BCUT2D eigenvalue weighted by Crippen LogP contribution is -2.53. The Balaban J connectivity index is 1.46. The summed E-state index contributed by atoms with van der Waals surface area (Å²) in [7, 11) is -3.40. The summed E-state index contributed by atoms with van der Waals surface area (Å²) in [5.74, 6) is 0.115. The Bertz CT molecular complexity index is 1110. The van der Waals surface area contributed by atoms with Gasteiger partial charge < -0.3 is 9.64 Å². The fourth-order valence-corrected chi connectivity index (χ4v) is 6.78. The molecule has 0 bridgehead atoms. The van der Waals surface area contributed by atoms with Crippen molar-refractivity contribution in [3.05, 3.63) is 60.2 Å². The van der Waals surface area contributed by atoms with Gasteiger partial charge in [-0.25, -0.2) is 13.1 Å². The van der Waals surface area contributed by atoms with Gasteiger partial charge in [0.1, 0.15) is 6.10 Å². The second kappa shape index (κ2) is 8.85. The minimum Gasteiger partial charge on any atom is -0.368 e. The van der Waals surface area contributed by atoms with E-state index in [4.69, 9.17) is 4.74 Å². The standard InChI is InChI=1S/C26H32N2O4S/c1-2-15-33(30,31)27-24-22(28(18-26(24)12-13-26)25(29)23-11-14-32-23)17-19-7-6-10-21(16-19)20-8-4-3-5-9-20/h3-10,16,22-24,27H,2,11-15,17-18H2,1H3/t22-,23?,24+/m0/s1. The van der Waals surface area contributed by atoms with Gasteiger partial charge in [0.15, 0.2) is 0 Å². The topological polar surface area (TPSA) is 75.7 Å². The van der Waals surface area contributed by atoms with Crippen LogP contribution >= 0.6 is 0 Å². The Morgan fingerprint density at radius 2 is 1.85 bits per heavy atom. The van der Waals surface area contributed by atoms with Crippen LogP contribution < -0.4 is 4.72 Å². The molecule has 7 heteroatoms. The predicted molar refractivity (Wildman–Crippen MR) is 128 cm³/mol. The number of ether oxygens (including phenoxy) is 1. The quantitative estimate of drug-likeness (QED) is 0.645. The highest BCUT2D eigenvalue weighted by molar-refractivity contribution is 7.89. The summed E-state index contributed by atoms with van der Waals surface area (Å²) in [5.41, 5.74) is 3.21. The molecule has 1 saturated carbocycles. The van der Waals surface area contributed by atoms with Gasteiger partial charge in [0.2, 0.25) is 10.0 Å². The van der Waals surface area contributed by atoms with Crippen molar-refractivity contribution in [1.29, 1.82) is 0 Å². The third-order valence-electron chi connectivity index (χ3n) is 7.34. The molecule has 2 saturated heterocycles. The minimum atomic E-state index is -3.40. The van der Waals surface area contributed by atoms with Crippen LogP contribution in [0.2, 0.25) is 0 Å². The fourth-order valence-electron chi connectivity index (χ4n) is 5.33. The van der Waals surface area contributed by atoms with Crippen molar-refractivity contribution in [2.45, 2.75) is 57.2 Å². The van der Waals surface area contributed by atoms with Crippen LogP contribution in [0.15, 0.2) is 54.6 Å². The van der Waals surface area contributed by atoms with Gasteiger partial charge in [-0.1, -0.05) is 61.5 Å². The van der Waals surface area contributed by atoms with E-state index in [1.54, 1.807) is 0 Å². The lowest BCUT2D eigenvalue weighted by molar-refractivity contribution is -0.157. The van der Waals surface area contributed by atoms with E-state index in [2.05, 4.69) is 35.1 Å². The van der Waals surface area contributed by atoms with Crippen LogP contribution in [0, 0.1) is 5.41 Å². The summed E-state index contributed by atoms with van der Waals surface area (Å²) in [6.07, 6.45) is 3.43. The highest BCUT2D eigenvalue weighted by Crippen LogP contribution is 2.55. The normalized spacial score (nSPS) is 25.7. The fraction of sp³-hybridized carbons (Fsp3) is 0.500. The molecule has 2 aromatic rings. The Hall–Kier alpha value is -2.22. The monoisotopic (exact) mass is 468 g/mol. The number of sulfonamides is 1. The molecule has 1 amide bonds. The van der Waals surface area contributed by atoms with E-state index in [1.807, 2.05) is 36.1 Å². The predicted octanol–water partition coefficient (Wildman–Crippen LogP) is 3.37. The van der Waals surface area contributed by atoms with E-state index in [1.165, 1.54) is 0 Å². The van der Waals surface area contributed by atoms with Gasteiger partial charge >= 0.3 is 0 Å². The van der Waals surface area contributed by atoms with Crippen LogP contribution in [0.4, 0.5) is 0 Å². The van der Waals surface area contributed by atoms with Crippen LogP contribution in [0.25, 0.3) is 11.1 Å². The van der Waals surface area contributed by atoms with Gasteiger partial charge in [-0.05, 0) is 42.4 Å². The maximum absolute atomic E-state index is 13.3. The molecule has 1 spiro atoms. The second-order valence-electron chi connectivity index (χ2n) is 9.73. The van der Waals surface area contributed by atoms with E-state index in [9.17, 15) is 13.2 Å². The van der Waals surface area contributed by atoms with Gasteiger partial charge in [-0.2, -0.15) is 0 Å². The number of carbonyl (C=O) groups is 1. The Labute approximate surface area is 196 Å². The summed E-state index contributed by atoms with van der Waals surface area (Å²) < 4.78 is 34.1. The molecule has 5 rings (SSSR count). The van der Waals surface area contributed by atoms with Crippen LogP contribution in [-0.2, 0) is 26.0 Å². The maximum Gasteiger partial charge on any atom is 0.252 e. The van der Waals surface area contributed by atoms with Gasteiger partial charge in [0.25, 0.3) is 5.91 Å². The van der Waals surface area contributed by atoms with Crippen molar-refractivity contribution in [2.75, 3.05) is 18.9 Å². The Kier molecular flexibility index (Phi) is 6.05. The lowest BCUT2D eigenvalue weighted by atomic mass is 9.91. The summed E-state index contributed by atoms with van der Waals surface area (Å²) in [6.45, 7) is 3.09. The first-order chi connectivity index (χ1) is 15.9. The molecule has 1 aliphatic carbocycles. The number of carbonyl (C=O) groups excluding carboxylic acids is 1. The molecule has 2 aliphatic heterocycles. The molecule has 6 nitrogen and oxygen atoms in total. The van der Waals surface area contributed by atoms with E-state index < -0.39 is 10.0 Å². The average molecular weight is 469 g/mol. The Morgan fingerprint density at radius 1 is 1.12 bits per heavy atom. The first kappa shape index (κ1) is 22.6.